The molecule has 0 saturated heterocycles. The van der Waals surface area contributed by atoms with Crippen molar-refractivity contribution in [2.45, 2.75) is 18.9 Å². The molecule has 1 aliphatic rings. The van der Waals surface area contributed by atoms with Gasteiger partial charge in [0, 0.05) is 12.6 Å². The number of aromatic nitrogens is 2. The van der Waals surface area contributed by atoms with Crippen molar-refractivity contribution < 1.29 is 9.90 Å². The number of H-pyrrole nitrogens is 1. The molecule has 1 amide bonds. The van der Waals surface area contributed by atoms with Crippen LogP contribution in [0.2, 0.25) is 0 Å². The van der Waals surface area contributed by atoms with Crippen LogP contribution in [0.1, 0.15) is 23.3 Å². The molecule has 6 nitrogen and oxygen atoms in total. The number of aliphatic hydroxyl groups is 1. The Kier molecular flexibility index (Phi) is 3.00. The number of rotatable bonds is 4. The molecule has 6 heteroatoms. The van der Waals surface area contributed by atoms with Crippen LogP contribution in [-0.4, -0.2) is 33.9 Å². The molecule has 0 aliphatic heterocycles. The minimum atomic E-state index is -0.480. The first-order valence-electron chi connectivity index (χ1n) is 5.19. The van der Waals surface area contributed by atoms with E-state index < -0.39 is 12.0 Å². The Morgan fingerprint density at radius 2 is 2.38 bits per heavy atom. The Labute approximate surface area is 91.7 Å². The van der Waals surface area contributed by atoms with Crippen LogP contribution in [-0.2, 0) is 0 Å². The monoisotopic (exact) mass is 223 g/mol. The lowest BCUT2D eigenvalue weighted by Gasteiger charge is -2.09. The summed E-state index contributed by atoms with van der Waals surface area (Å²) in [4.78, 5) is 22.2. The second-order valence-corrected chi connectivity index (χ2v) is 3.92. The summed E-state index contributed by atoms with van der Waals surface area (Å²) in [5.74, 6) is -0.0696. The highest BCUT2D eigenvalue weighted by atomic mass is 16.3. The number of hydrogen-bond donors (Lipinski definition) is 3. The van der Waals surface area contributed by atoms with Crippen LogP contribution in [0.25, 0.3) is 0 Å². The molecule has 16 heavy (non-hydrogen) atoms. The summed E-state index contributed by atoms with van der Waals surface area (Å²) in [5.41, 5.74) is -0.211. The number of aromatic amines is 1. The molecule has 1 heterocycles. The third kappa shape index (κ3) is 2.66. The van der Waals surface area contributed by atoms with Crippen LogP contribution in [0, 0.1) is 5.92 Å². The minimum Gasteiger partial charge on any atom is -0.391 e. The first kappa shape index (κ1) is 10.8. The molecule has 0 bridgehead atoms. The van der Waals surface area contributed by atoms with Crippen LogP contribution in [0.5, 0.6) is 0 Å². The van der Waals surface area contributed by atoms with Crippen molar-refractivity contribution in [3.63, 3.8) is 0 Å². The van der Waals surface area contributed by atoms with Crippen molar-refractivity contribution in [1.29, 1.82) is 0 Å². The highest BCUT2D eigenvalue weighted by Gasteiger charge is 2.29. The van der Waals surface area contributed by atoms with Gasteiger partial charge in [0.1, 0.15) is 5.69 Å². The number of amides is 1. The van der Waals surface area contributed by atoms with Crippen LogP contribution in [0.4, 0.5) is 0 Å². The van der Waals surface area contributed by atoms with E-state index in [0.29, 0.717) is 5.92 Å². The molecule has 0 spiro atoms. The normalized spacial score (nSPS) is 16.8. The second-order valence-electron chi connectivity index (χ2n) is 3.92. The highest BCUT2D eigenvalue weighted by Crippen LogP contribution is 2.32. The Morgan fingerprint density at radius 3 is 2.94 bits per heavy atom. The van der Waals surface area contributed by atoms with Crippen LogP contribution in [0.15, 0.2) is 16.9 Å². The molecule has 3 N–H and O–H groups in total. The maximum atomic E-state index is 11.5. The smallest absolute Gasteiger partial charge is 0.271 e. The third-order valence-corrected chi connectivity index (χ3v) is 2.55. The van der Waals surface area contributed by atoms with E-state index in [-0.39, 0.29) is 17.8 Å². The quantitative estimate of drug-likeness (QED) is 0.627. The Bertz CT molecular complexity index is 419. The molecule has 1 atom stereocenters. The van der Waals surface area contributed by atoms with E-state index in [1.54, 1.807) is 0 Å². The van der Waals surface area contributed by atoms with E-state index in [0.717, 1.165) is 12.8 Å². The van der Waals surface area contributed by atoms with Crippen LogP contribution >= 0.6 is 0 Å². The number of nitrogens with one attached hydrogen (secondary N) is 2. The van der Waals surface area contributed by atoms with Crippen molar-refractivity contribution in [3.8, 4) is 0 Å². The maximum Gasteiger partial charge on any atom is 0.271 e. The van der Waals surface area contributed by atoms with Gasteiger partial charge in [0.25, 0.3) is 11.5 Å². The van der Waals surface area contributed by atoms with Gasteiger partial charge in [-0.05, 0) is 24.8 Å². The summed E-state index contributed by atoms with van der Waals surface area (Å²) < 4.78 is 0. The second kappa shape index (κ2) is 4.44. The molecular formula is C10H13N3O3. The highest BCUT2D eigenvalue weighted by molar-refractivity contribution is 5.91. The standard InChI is InChI=1S/C10H13N3O3/c14-8(6-1-2-6)5-11-10(16)7-3-4-9(15)13-12-7/h3-4,6,8,14H,1-2,5H2,(H,11,16)(H,13,15). The third-order valence-electron chi connectivity index (χ3n) is 2.55. The van der Waals surface area contributed by atoms with E-state index in [9.17, 15) is 14.7 Å². The van der Waals surface area contributed by atoms with Crippen molar-refractivity contribution in [1.82, 2.24) is 15.5 Å². The van der Waals surface area contributed by atoms with Gasteiger partial charge in [0.05, 0.1) is 6.10 Å². The molecule has 86 valence electrons. The molecule has 0 radical (unpaired) electrons. The fraction of sp³-hybridized carbons (Fsp3) is 0.500. The van der Waals surface area contributed by atoms with E-state index in [1.165, 1.54) is 12.1 Å². The molecule has 1 saturated carbocycles. The maximum absolute atomic E-state index is 11.5. The van der Waals surface area contributed by atoms with Gasteiger partial charge >= 0.3 is 0 Å². The summed E-state index contributed by atoms with van der Waals surface area (Å²) in [7, 11) is 0. The minimum absolute atomic E-state index is 0.141. The lowest BCUT2D eigenvalue weighted by Crippen LogP contribution is -2.34. The zero-order chi connectivity index (χ0) is 11.5. The Morgan fingerprint density at radius 1 is 1.62 bits per heavy atom. The Hall–Kier alpha value is -1.69. The summed E-state index contributed by atoms with van der Waals surface area (Å²) in [6.45, 7) is 0.226. The molecule has 2 rings (SSSR count). The first-order chi connectivity index (χ1) is 7.66. The van der Waals surface area contributed by atoms with E-state index in [1.807, 2.05) is 0 Å². The number of carbonyl (C=O) groups is 1. The van der Waals surface area contributed by atoms with Gasteiger partial charge < -0.3 is 10.4 Å². The van der Waals surface area contributed by atoms with Crippen LogP contribution < -0.4 is 10.9 Å². The molecule has 0 aromatic carbocycles. The number of nitrogens with zero attached hydrogens (tertiary/aromatic N) is 1. The molecule has 1 unspecified atom stereocenters. The summed E-state index contributed by atoms with van der Waals surface area (Å²) in [5, 5.41) is 17.9. The van der Waals surface area contributed by atoms with Gasteiger partial charge in [-0.15, -0.1) is 0 Å². The lowest BCUT2D eigenvalue weighted by molar-refractivity contribution is 0.0895. The zero-order valence-electron chi connectivity index (χ0n) is 8.64. The number of aliphatic hydroxyl groups excluding tert-OH is 1. The van der Waals surface area contributed by atoms with Gasteiger partial charge in [-0.1, -0.05) is 0 Å². The average molecular weight is 223 g/mol. The largest absolute Gasteiger partial charge is 0.391 e. The SMILES string of the molecule is O=C(NCC(O)C1CC1)c1ccc(=O)[nH]n1. The van der Waals surface area contributed by atoms with Gasteiger partial charge in [0.15, 0.2) is 0 Å². The van der Waals surface area contributed by atoms with E-state index in [4.69, 9.17) is 0 Å². The fourth-order valence-electron chi connectivity index (χ4n) is 1.41. The zero-order valence-corrected chi connectivity index (χ0v) is 8.64. The van der Waals surface area contributed by atoms with Gasteiger partial charge in [-0.25, -0.2) is 5.10 Å². The van der Waals surface area contributed by atoms with Gasteiger partial charge in [-0.2, -0.15) is 5.10 Å². The first-order valence-corrected chi connectivity index (χ1v) is 5.19. The Balaban J connectivity index is 1.87. The topological polar surface area (TPSA) is 95.1 Å². The van der Waals surface area contributed by atoms with Crippen LogP contribution in [0.3, 0.4) is 0 Å². The molecule has 1 aromatic rings. The summed E-state index contributed by atoms with van der Waals surface area (Å²) in [6, 6.07) is 2.58. The van der Waals surface area contributed by atoms with E-state index in [2.05, 4.69) is 15.5 Å². The summed E-state index contributed by atoms with van der Waals surface area (Å²) in [6.07, 6.45) is 1.56. The van der Waals surface area contributed by atoms with Crippen molar-refractivity contribution in [2.24, 2.45) is 5.92 Å². The fourth-order valence-corrected chi connectivity index (χ4v) is 1.41. The van der Waals surface area contributed by atoms with Crippen molar-refractivity contribution in [3.05, 3.63) is 28.2 Å². The lowest BCUT2D eigenvalue weighted by atomic mass is 10.2. The summed E-state index contributed by atoms with van der Waals surface area (Å²) >= 11 is 0. The predicted molar refractivity (Wildman–Crippen MR) is 55.9 cm³/mol. The molecule has 1 aliphatic carbocycles. The molecule has 1 fully saturated rings. The van der Waals surface area contributed by atoms with Crippen molar-refractivity contribution in [2.75, 3.05) is 6.54 Å². The van der Waals surface area contributed by atoms with E-state index >= 15 is 0 Å². The van der Waals surface area contributed by atoms with Gasteiger partial charge in [0.2, 0.25) is 0 Å². The molecule has 1 aromatic heterocycles. The number of carbonyl (C=O) groups excluding carboxylic acids is 1. The average Bonchev–Trinajstić information content (AvgIpc) is 3.10. The number of hydrogen-bond acceptors (Lipinski definition) is 4. The van der Waals surface area contributed by atoms with Gasteiger partial charge in [-0.3, -0.25) is 9.59 Å². The predicted octanol–water partition coefficient (Wildman–Crippen LogP) is -0.729. The van der Waals surface area contributed by atoms with Crippen molar-refractivity contribution >= 4 is 5.91 Å². The molecular weight excluding hydrogens is 210 g/mol.